The summed E-state index contributed by atoms with van der Waals surface area (Å²) in [5.74, 6) is -0.859. The third kappa shape index (κ3) is 5.87. The standard InChI is InChI=1S/C30H48N4O5S/c1-5-11-31(4)27(36)24-23-21-22(3)30(40-23)25(24)28(37)34(13-9-7-8-10-18-35)26(30)29(38)33(12-6-2)15-14-32-16-19-39-20-17-32/h5-6,22-26,35H,1-2,7-21H2,3-4H3/t22?,23-,24+,25-,26?,30?/m0/s1. The molecule has 1 N–H and O–H groups in total. The zero-order chi connectivity index (χ0) is 28.9. The van der Waals surface area contributed by atoms with E-state index in [0.29, 0.717) is 39.4 Å². The highest BCUT2D eigenvalue weighted by Crippen LogP contribution is 2.68. The minimum absolute atomic E-state index is 0.0178. The zero-order valence-corrected chi connectivity index (χ0v) is 25.2. The highest BCUT2D eigenvalue weighted by atomic mass is 32.2. The van der Waals surface area contributed by atoms with Crippen molar-refractivity contribution >= 4 is 29.5 Å². The summed E-state index contributed by atoms with van der Waals surface area (Å²) >= 11 is 1.73. The van der Waals surface area contributed by atoms with Gasteiger partial charge >= 0.3 is 0 Å². The van der Waals surface area contributed by atoms with Gasteiger partial charge in [-0.25, -0.2) is 0 Å². The third-order valence-corrected chi connectivity index (χ3v) is 11.4. The molecule has 3 unspecified atom stereocenters. The number of likely N-dealkylation sites (tertiary alicyclic amines) is 1. The number of ether oxygens (including phenoxy) is 1. The van der Waals surface area contributed by atoms with Gasteiger partial charge in [-0.1, -0.05) is 31.9 Å². The molecule has 1 spiro atoms. The number of fused-ring (bicyclic) bond motifs is 1. The second kappa shape index (κ2) is 13.9. The Morgan fingerprint density at radius 2 is 1.80 bits per heavy atom. The quantitative estimate of drug-likeness (QED) is 0.235. The van der Waals surface area contributed by atoms with Crippen LogP contribution in [0.25, 0.3) is 0 Å². The van der Waals surface area contributed by atoms with E-state index in [2.05, 4.69) is 25.0 Å². The maximum atomic E-state index is 14.6. The van der Waals surface area contributed by atoms with Crippen LogP contribution < -0.4 is 0 Å². The van der Waals surface area contributed by atoms with E-state index in [9.17, 15) is 19.5 Å². The van der Waals surface area contributed by atoms with E-state index >= 15 is 0 Å². The van der Waals surface area contributed by atoms with Crippen LogP contribution in [0.2, 0.25) is 0 Å². The number of aliphatic hydroxyl groups is 1. The first-order chi connectivity index (χ1) is 19.3. The Bertz CT molecular complexity index is 943. The predicted octanol–water partition coefficient (Wildman–Crippen LogP) is 1.87. The van der Waals surface area contributed by atoms with Crippen LogP contribution in [0.5, 0.6) is 0 Å². The summed E-state index contributed by atoms with van der Waals surface area (Å²) in [6.45, 7) is 15.8. The SMILES string of the molecule is C=CCN(C)C(=O)[C@@H]1[C@@H]2CC(C)C3(S2)C(C(=O)N(CC=C)CCN2CCOCC2)N(CCCCCCO)C(=O)[C@H]13. The number of hydrogen-bond acceptors (Lipinski definition) is 7. The maximum absolute atomic E-state index is 14.6. The van der Waals surface area contributed by atoms with Crippen LogP contribution in [0.15, 0.2) is 25.3 Å². The van der Waals surface area contributed by atoms with Gasteiger partial charge in [0, 0.05) is 64.7 Å². The molecule has 0 aromatic rings. The fourth-order valence-electron chi connectivity index (χ4n) is 7.31. The Balaban J connectivity index is 1.63. The molecule has 10 heteroatoms. The molecule has 0 radical (unpaired) electrons. The number of hydrogen-bond donors (Lipinski definition) is 1. The van der Waals surface area contributed by atoms with Crippen molar-refractivity contribution in [3.05, 3.63) is 25.3 Å². The number of unbranched alkanes of at least 4 members (excludes halogenated alkanes) is 3. The van der Waals surface area contributed by atoms with Gasteiger partial charge in [0.2, 0.25) is 17.7 Å². The normalized spacial score (nSPS) is 31.3. The summed E-state index contributed by atoms with van der Waals surface area (Å²) in [7, 11) is 1.77. The molecule has 0 aromatic heterocycles. The number of amides is 3. The van der Waals surface area contributed by atoms with E-state index in [1.807, 2.05) is 9.80 Å². The smallest absolute Gasteiger partial charge is 0.247 e. The van der Waals surface area contributed by atoms with Crippen molar-refractivity contribution in [2.45, 2.75) is 55.1 Å². The summed E-state index contributed by atoms with van der Waals surface area (Å²) in [4.78, 5) is 50.2. The number of thioether (sulfide) groups is 1. The van der Waals surface area contributed by atoms with Crippen molar-refractivity contribution in [2.24, 2.45) is 17.8 Å². The van der Waals surface area contributed by atoms with Crippen LogP contribution in [0, 0.1) is 17.8 Å². The molecule has 4 aliphatic rings. The lowest BCUT2D eigenvalue weighted by Gasteiger charge is -2.41. The number of aliphatic hydroxyl groups excluding tert-OH is 1. The monoisotopic (exact) mass is 576 g/mol. The lowest BCUT2D eigenvalue weighted by molar-refractivity contribution is -0.144. The van der Waals surface area contributed by atoms with E-state index in [4.69, 9.17) is 4.74 Å². The van der Waals surface area contributed by atoms with Gasteiger partial charge < -0.3 is 24.5 Å². The second-order valence-corrected chi connectivity index (χ2v) is 13.3. The Morgan fingerprint density at radius 1 is 1.10 bits per heavy atom. The molecule has 0 aliphatic carbocycles. The molecule has 4 rings (SSSR count). The van der Waals surface area contributed by atoms with E-state index in [-0.39, 0.29) is 35.5 Å². The van der Waals surface area contributed by atoms with E-state index in [1.54, 1.807) is 35.9 Å². The molecule has 3 amide bonds. The van der Waals surface area contributed by atoms with Crippen molar-refractivity contribution in [1.82, 2.24) is 19.6 Å². The molecule has 4 heterocycles. The molecule has 224 valence electrons. The molecule has 0 saturated carbocycles. The van der Waals surface area contributed by atoms with Crippen molar-refractivity contribution in [2.75, 3.05) is 72.7 Å². The second-order valence-electron chi connectivity index (χ2n) is 11.8. The molecule has 4 saturated heterocycles. The van der Waals surface area contributed by atoms with E-state index in [0.717, 1.165) is 51.7 Å². The summed E-state index contributed by atoms with van der Waals surface area (Å²) in [6, 6.07) is -0.597. The number of nitrogens with zero attached hydrogens (tertiary/aromatic N) is 4. The summed E-state index contributed by atoms with van der Waals surface area (Å²) in [5, 5.41) is 9.22. The van der Waals surface area contributed by atoms with Gasteiger partial charge in [-0.15, -0.1) is 24.9 Å². The third-order valence-electron chi connectivity index (χ3n) is 9.30. The number of carbonyl (C=O) groups is 3. The van der Waals surface area contributed by atoms with Gasteiger partial charge in [-0.2, -0.15) is 0 Å². The van der Waals surface area contributed by atoms with Gasteiger partial charge in [0.15, 0.2) is 0 Å². The first-order valence-corrected chi connectivity index (χ1v) is 15.8. The highest BCUT2D eigenvalue weighted by Gasteiger charge is 2.76. The van der Waals surface area contributed by atoms with Gasteiger partial charge in [0.05, 0.1) is 29.8 Å². The van der Waals surface area contributed by atoms with Crippen molar-refractivity contribution in [3.8, 4) is 0 Å². The number of morpholine rings is 1. The molecule has 4 fully saturated rings. The van der Waals surface area contributed by atoms with E-state index < -0.39 is 22.6 Å². The van der Waals surface area contributed by atoms with Crippen LogP contribution in [0.3, 0.4) is 0 Å². The minimum atomic E-state index is -0.613. The molecule has 40 heavy (non-hydrogen) atoms. The largest absolute Gasteiger partial charge is 0.396 e. The Kier molecular flexibility index (Phi) is 10.8. The zero-order valence-electron chi connectivity index (χ0n) is 24.3. The first kappa shape index (κ1) is 31.1. The van der Waals surface area contributed by atoms with Crippen molar-refractivity contribution < 1.29 is 24.2 Å². The van der Waals surface area contributed by atoms with Crippen LogP contribution in [-0.4, -0.2) is 131 Å². The maximum Gasteiger partial charge on any atom is 0.247 e. The fourth-order valence-corrected chi connectivity index (χ4v) is 9.72. The van der Waals surface area contributed by atoms with Crippen molar-refractivity contribution in [3.63, 3.8) is 0 Å². The van der Waals surface area contributed by atoms with Crippen LogP contribution in [-0.2, 0) is 19.1 Å². The van der Waals surface area contributed by atoms with Crippen LogP contribution in [0.1, 0.15) is 39.0 Å². The lowest BCUT2D eigenvalue weighted by Crippen LogP contribution is -2.58. The fraction of sp³-hybridized carbons (Fsp3) is 0.767. The van der Waals surface area contributed by atoms with Crippen LogP contribution >= 0.6 is 11.8 Å². The lowest BCUT2D eigenvalue weighted by atomic mass is 9.65. The molecule has 4 aliphatic heterocycles. The topological polar surface area (TPSA) is 93.6 Å². The first-order valence-electron chi connectivity index (χ1n) is 15.0. The molecule has 2 bridgehead atoms. The van der Waals surface area contributed by atoms with Gasteiger partial charge in [0.1, 0.15) is 6.04 Å². The summed E-state index contributed by atoms with van der Waals surface area (Å²) in [5.41, 5.74) is 0. The average Bonchev–Trinajstić information content (AvgIpc) is 3.54. The van der Waals surface area contributed by atoms with Gasteiger partial charge in [0.25, 0.3) is 0 Å². The van der Waals surface area contributed by atoms with Gasteiger partial charge in [-0.3, -0.25) is 19.3 Å². The Morgan fingerprint density at radius 3 is 2.48 bits per heavy atom. The number of likely N-dealkylation sites (N-methyl/N-ethyl adjacent to an activating group) is 1. The molecule has 0 aromatic carbocycles. The summed E-state index contributed by atoms with van der Waals surface area (Å²) in [6.07, 6.45) is 7.57. The Labute approximate surface area is 243 Å². The average molecular weight is 577 g/mol. The van der Waals surface area contributed by atoms with Gasteiger partial charge in [-0.05, 0) is 25.2 Å². The molecule has 6 atom stereocenters. The Hall–Kier alpha value is -1.88. The molecule has 9 nitrogen and oxygen atoms in total. The molecular weight excluding hydrogens is 528 g/mol. The van der Waals surface area contributed by atoms with Crippen LogP contribution in [0.4, 0.5) is 0 Å². The van der Waals surface area contributed by atoms with E-state index in [1.165, 1.54) is 0 Å². The molecular formula is C30H48N4O5S. The van der Waals surface area contributed by atoms with Crippen molar-refractivity contribution in [1.29, 1.82) is 0 Å². The predicted molar refractivity (Wildman–Crippen MR) is 158 cm³/mol. The number of rotatable bonds is 15. The number of carbonyl (C=O) groups excluding carboxylic acids is 3. The summed E-state index contributed by atoms with van der Waals surface area (Å²) < 4.78 is 4.87. The minimum Gasteiger partial charge on any atom is -0.396 e. The highest BCUT2D eigenvalue weighted by molar-refractivity contribution is 8.02.